The summed E-state index contributed by atoms with van der Waals surface area (Å²) in [5, 5.41) is 12.7. The standard InChI is InChI=1S/C18H21NO3/c20-17(16-10-5-2-6-11-16)12-7-13-19-18(21)22-14-15-8-3-1-4-9-15/h1-6,8-11,17,20H,7,12-14H2,(H,19,21). The molecule has 0 saturated heterocycles. The first kappa shape index (κ1) is 16.0. The van der Waals surface area contributed by atoms with Gasteiger partial charge in [0.05, 0.1) is 6.10 Å². The Morgan fingerprint density at radius 3 is 2.36 bits per heavy atom. The molecule has 1 atom stereocenters. The van der Waals surface area contributed by atoms with Crippen LogP contribution in [0.15, 0.2) is 60.7 Å². The van der Waals surface area contributed by atoms with Crippen LogP contribution < -0.4 is 5.32 Å². The number of hydrogen-bond acceptors (Lipinski definition) is 3. The summed E-state index contributed by atoms with van der Waals surface area (Å²) in [6, 6.07) is 19.0. The number of aliphatic hydroxyl groups excluding tert-OH is 1. The smallest absolute Gasteiger partial charge is 0.407 e. The zero-order valence-electron chi connectivity index (χ0n) is 12.4. The minimum Gasteiger partial charge on any atom is -0.445 e. The maximum Gasteiger partial charge on any atom is 0.407 e. The molecule has 0 aromatic heterocycles. The van der Waals surface area contributed by atoms with E-state index in [2.05, 4.69) is 5.32 Å². The fourth-order valence-corrected chi connectivity index (χ4v) is 2.10. The van der Waals surface area contributed by atoms with Gasteiger partial charge in [0.25, 0.3) is 0 Å². The molecular weight excluding hydrogens is 278 g/mol. The van der Waals surface area contributed by atoms with Crippen LogP contribution in [-0.2, 0) is 11.3 Å². The molecule has 0 aliphatic carbocycles. The lowest BCUT2D eigenvalue weighted by Crippen LogP contribution is -2.25. The average molecular weight is 299 g/mol. The number of amides is 1. The zero-order chi connectivity index (χ0) is 15.6. The van der Waals surface area contributed by atoms with Gasteiger partial charge in [0.15, 0.2) is 0 Å². The van der Waals surface area contributed by atoms with Gasteiger partial charge in [0, 0.05) is 6.54 Å². The molecule has 2 aromatic rings. The molecule has 116 valence electrons. The van der Waals surface area contributed by atoms with Gasteiger partial charge in [-0.2, -0.15) is 0 Å². The van der Waals surface area contributed by atoms with Crippen molar-refractivity contribution in [1.29, 1.82) is 0 Å². The summed E-state index contributed by atoms with van der Waals surface area (Å²) in [7, 11) is 0. The Balaban J connectivity index is 1.59. The molecule has 0 heterocycles. The van der Waals surface area contributed by atoms with Crippen LogP contribution in [0.25, 0.3) is 0 Å². The van der Waals surface area contributed by atoms with Crippen LogP contribution in [-0.4, -0.2) is 17.7 Å². The third-order valence-corrected chi connectivity index (χ3v) is 3.32. The lowest BCUT2D eigenvalue weighted by Gasteiger charge is -2.11. The maximum atomic E-state index is 11.5. The number of hydrogen-bond donors (Lipinski definition) is 2. The quantitative estimate of drug-likeness (QED) is 0.770. The van der Waals surface area contributed by atoms with Crippen molar-refractivity contribution in [3.05, 3.63) is 71.8 Å². The SMILES string of the molecule is O=C(NCCCC(O)c1ccccc1)OCc1ccccc1. The Bertz CT molecular complexity index is 557. The number of benzene rings is 2. The van der Waals surface area contributed by atoms with Crippen molar-refractivity contribution >= 4 is 6.09 Å². The lowest BCUT2D eigenvalue weighted by molar-refractivity contribution is 0.137. The summed E-state index contributed by atoms with van der Waals surface area (Å²) in [6.07, 6.45) is 0.362. The highest BCUT2D eigenvalue weighted by Gasteiger charge is 2.07. The van der Waals surface area contributed by atoms with E-state index in [1.165, 1.54) is 0 Å². The van der Waals surface area contributed by atoms with Crippen molar-refractivity contribution < 1.29 is 14.6 Å². The van der Waals surface area contributed by atoms with Crippen molar-refractivity contribution in [2.45, 2.75) is 25.6 Å². The molecule has 0 aliphatic rings. The van der Waals surface area contributed by atoms with Crippen molar-refractivity contribution in [1.82, 2.24) is 5.32 Å². The van der Waals surface area contributed by atoms with Gasteiger partial charge in [0.2, 0.25) is 0 Å². The van der Waals surface area contributed by atoms with Crippen LogP contribution in [0.1, 0.15) is 30.1 Å². The number of aliphatic hydroxyl groups is 1. The number of nitrogens with one attached hydrogen (secondary N) is 1. The highest BCUT2D eigenvalue weighted by Crippen LogP contribution is 2.16. The third-order valence-electron chi connectivity index (χ3n) is 3.32. The monoisotopic (exact) mass is 299 g/mol. The van der Waals surface area contributed by atoms with Gasteiger partial charge in [0.1, 0.15) is 6.61 Å². The third kappa shape index (κ3) is 5.58. The molecule has 0 aliphatic heterocycles. The summed E-state index contributed by atoms with van der Waals surface area (Å²) >= 11 is 0. The predicted molar refractivity (Wildman–Crippen MR) is 85.3 cm³/mol. The first-order chi connectivity index (χ1) is 10.8. The molecule has 1 unspecified atom stereocenters. The minimum atomic E-state index is -0.497. The van der Waals surface area contributed by atoms with E-state index in [9.17, 15) is 9.90 Å². The number of carbonyl (C=O) groups is 1. The van der Waals surface area contributed by atoms with Crippen LogP contribution in [0.3, 0.4) is 0 Å². The van der Waals surface area contributed by atoms with Crippen LogP contribution >= 0.6 is 0 Å². The molecule has 22 heavy (non-hydrogen) atoms. The first-order valence-corrected chi connectivity index (χ1v) is 7.43. The summed E-state index contributed by atoms with van der Waals surface area (Å²) < 4.78 is 5.11. The molecule has 4 heteroatoms. The van der Waals surface area contributed by atoms with Gasteiger partial charge >= 0.3 is 6.09 Å². The lowest BCUT2D eigenvalue weighted by atomic mass is 10.1. The van der Waals surface area contributed by atoms with Gasteiger partial charge in [-0.1, -0.05) is 60.7 Å². The summed E-state index contributed by atoms with van der Waals surface area (Å²) in [4.78, 5) is 11.5. The van der Waals surface area contributed by atoms with E-state index in [4.69, 9.17) is 4.74 Å². The average Bonchev–Trinajstić information content (AvgIpc) is 2.58. The Labute approximate surface area is 130 Å². The molecule has 2 aromatic carbocycles. The van der Waals surface area contributed by atoms with Gasteiger partial charge in [-0.3, -0.25) is 0 Å². The van der Waals surface area contributed by atoms with Gasteiger partial charge in [-0.25, -0.2) is 4.79 Å². The van der Waals surface area contributed by atoms with Crippen LogP contribution in [0.2, 0.25) is 0 Å². The van der Waals surface area contributed by atoms with Crippen LogP contribution in [0.5, 0.6) is 0 Å². The molecule has 1 amide bonds. The molecule has 0 fully saturated rings. The molecule has 0 saturated carbocycles. The molecule has 0 radical (unpaired) electrons. The summed E-state index contributed by atoms with van der Waals surface area (Å²) in [5.74, 6) is 0. The Hall–Kier alpha value is -2.33. The van der Waals surface area contributed by atoms with Crippen LogP contribution in [0, 0.1) is 0 Å². The van der Waals surface area contributed by atoms with E-state index < -0.39 is 12.2 Å². The first-order valence-electron chi connectivity index (χ1n) is 7.43. The highest BCUT2D eigenvalue weighted by atomic mass is 16.5. The van der Waals surface area contributed by atoms with E-state index in [1.807, 2.05) is 60.7 Å². The molecule has 0 bridgehead atoms. The van der Waals surface area contributed by atoms with E-state index in [1.54, 1.807) is 0 Å². The number of carbonyl (C=O) groups excluding carboxylic acids is 1. The molecular formula is C18H21NO3. The van der Waals surface area contributed by atoms with Crippen molar-refractivity contribution in [3.8, 4) is 0 Å². The van der Waals surface area contributed by atoms with Crippen molar-refractivity contribution in [2.75, 3.05) is 6.54 Å². The number of ether oxygens (including phenoxy) is 1. The number of alkyl carbamates (subject to hydrolysis) is 1. The second-order valence-electron chi connectivity index (χ2n) is 5.06. The van der Waals surface area contributed by atoms with E-state index >= 15 is 0 Å². The number of rotatable bonds is 7. The predicted octanol–water partition coefficient (Wildman–Crippen LogP) is 3.43. The largest absolute Gasteiger partial charge is 0.445 e. The normalized spacial score (nSPS) is 11.7. The fraction of sp³-hybridized carbons (Fsp3) is 0.278. The van der Waals surface area contributed by atoms with Gasteiger partial charge < -0.3 is 15.2 Å². The molecule has 4 nitrogen and oxygen atoms in total. The molecule has 2 N–H and O–H groups in total. The van der Waals surface area contributed by atoms with Crippen molar-refractivity contribution in [3.63, 3.8) is 0 Å². The minimum absolute atomic E-state index is 0.263. The molecule has 0 spiro atoms. The summed E-state index contributed by atoms with van der Waals surface area (Å²) in [6.45, 7) is 0.747. The zero-order valence-corrected chi connectivity index (χ0v) is 12.4. The Morgan fingerprint density at radius 2 is 1.68 bits per heavy atom. The van der Waals surface area contributed by atoms with E-state index in [0.717, 1.165) is 11.1 Å². The highest BCUT2D eigenvalue weighted by molar-refractivity contribution is 5.67. The van der Waals surface area contributed by atoms with Gasteiger partial charge in [-0.15, -0.1) is 0 Å². The molecule has 2 rings (SSSR count). The van der Waals surface area contributed by atoms with E-state index in [0.29, 0.717) is 19.4 Å². The fourth-order valence-electron chi connectivity index (χ4n) is 2.10. The van der Waals surface area contributed by atoms with Crippen LogP contribution in [0.4, 0.5) is 4.79 Å². The van der Waals surface area contributed by atoms with Gasteiger partial charge in [-0.05, 0) is 24.0 Å². The second-order valence-corrected chi connectivity index (χ2v) is 5.06. The Morgan fingerprint density at radius 1 is 1.05 bits per heavy atom. The Kier molecular flexibility index (Phi) is 6.45. The van der Waals surface area contributed by atoms with E-state index in [-0.39, 0.29) is 6.61 Å². The second kappa shape index (κ2) is 8.85. The van der Waals surface area contributed by atoms with Crippen molar-refractivity contribution in [2.24, 2.45) is 0 Å². The maximum absolute atomic E-state index is 11.5. The summed E-state index contributed by atoms with van der Waals surface area (Å²) in [5.41, 5.74) is 1.85. The topological polar surface area (TPSA) is 58.6 Å².